The maximum Gasteiger partial charge on any atom is 0.153 e. The Morgan fingerprint density at radius 2 is 2.27 bits per heavy atom. The van der Waals surface area contributed by atoms with E-state index in [0.717, 1.165) is 11.9 Å². The number of carbonyl (C=O) groups excluding carboxylic acids is 1. The van der Waals surface area contributed by atoms with E-state index in [1.165, 1.54) is 0 Å². The van der Waals surface area contributed by atoms with Crippen LogP contribution in [0.1, 0.15) is 19.6 Å². The molecule has 1 aromatic heterocycles. The minimum Gasteiger partial charge on any atom is -0.464 e. The predicted molar refractivity (Wildman–Crippen MR) is 43.0 cm³/mol. The summed E-state index contributed by atoms with van der Waals surface area (Å²) in [5.41, 5.74) is 1.60. The number of allylic oxidation sites excluding steroid dienone is 2. The van der Waals surface area contributed by atoms with Gasteiger partial charge in [-0.3, -0.25) is 4.79 Å². The standard InChI is InChI=1S/C9H10O2/c1-7(2)8(6-10)9-4-3-5-11-9/h3-6H,1-2H3. The van der Waals surface area contributed by atoms with Crippen molar-refractivity contribution in [3.63, 3.8) is 0 Å². The maximum atomic E-state index is 10.5. The number of furan rings is 1. The lowest BCUT2D eigenvalue weighted by Gasteiger charge is -1.95. The van der Waals surface area contributed by atoms with Crippen LogP contribution in [0.4, 0.5) is 0 Å². The van der Waals surface area contributed by atoms with Gasteiger partial charge >= 0.3 is 0 Å². The van der Waals surface area contributed by atoms with Crippen LogP contribution in [0, 0.1) is 0 Å². The van der Waals surface area contributed by atoms with Gasteiger partial charge in [0.1, 0.15) is 5.76 Å². The summed E-state index contributed by atoms with van der Waals surface area (Å²) in [6.45, 7) is 3.76. The van der Waals surface area contributed by atoms with E-state index in [1.807, 2.05) is 13.8 Å². The second kappa shape index (κ2) is 3.19. The minimum atomic E-state index is 0.634. The van der Waals surface area contributed by atoms with Gasteiger partial charge in [-0.15, -0.1) is 0 Å². The third-order valence-corrected chi connectivity index (χ3v) is 1.44. The number of rotatable bonds is 2. The Balaban J connectivity index is 3.08. The van der Waals surface area contributed by atoms with E-state index < -0.39 is 0 Å². The van der Waals surface area contributed by atoms with E-state index in [0.29, 0.717) is 11.3 Å². The summed E-state index contributed by atoms with van der Waals surface area (Å²) in [5, 5.41) is 0. The molecule has 0 N–H and O–H groups in total. The molecular formula is C9H10O2. The summed E-state index contributed by atoms with van der Waals surface area (Å²) in [6.07, 6.45) is 2.37. The fraction of sp³-hybridized carbons (Fsp3) is 0.222. The molecule has 0 saturated carbocycles. The Morgan fingerprint density at radius 3 is 2.64 bits per heavy atom. The van der Waals surface area contributed by atoms with Crippen LogP contribution in [0.25, 0.3) is 5.57 Å². The highest BCUT2D eigenvalue weighted by atomic mass is 16.3. The first-order valence-electron chi connectivity index (χ1n) is 3.42. The van der Waals surface area contributed by atoms with Crippen LogP contribution in [0.2, 0.25) is 0 Å². The number of carbonyl (C=O) groups is 1. The summed E-state index contributed by atoms with van der Waals surface area (Å²) in [6, 6.07) is 3.54. The van der Waals surface area contributed by atoms with Gasteiger partial charge in [-0.1, -0.05) is 5.57 Å². The van der Waals surface area contributed by atoms with Gasteiger partial charge in [-0.2, -0.15) is 0 Å². The van der Waals surface area contributed by atoms with Crippen molar-refractivity contribution < 1.29 is 9.21 Å². The fourth-order valence-electron chi connectivity index (χ4n) is 0.854. The SMILES string of the molecule is CC(C)=C(C=O)c1ccco1. The summed E-state index contributed by atoms with van der Waals surface area (Å²) < 4.78 is 5.06. The van der Waals surface area contributed by atoms with Crippen LogP contribution in [-0.4, -0.2) is 6.29 Å². The van der Waals surface area contributed by atoms with Gasteiger partial charge in [0.15, 0.2) is 6.29 Å². The summed E-state index contributed by atoms with van der Waals surface area (Å²) in [7, 11) is 0. The Bertz CT molecular complexity index is 264. The highest BCUT2D eigenvalue weighted by Gasteiger charge is 2.03. The van der Waals surface area contributed by atoms with Crippen molar-refractivity contribution in [1.82, 2.24) is 0 Å². The second-order valence-corrected chi connectivity index (χ2v) is 2.51. The smallest absolute Gasteiger partial charge is 0.153 e. The Morgan fingerprint density at radius 1 is 1.55 bits per heavy atom. The van der Waals surface area contributed by atoms with Crippen molar-refractivity contribution in [3.8, 4) is 0 Å². The maximum absolute atomic E-state index is 10.5. The van der Waals surface area contributed by atoms with Gasteiger partial charge in [-0.25, -0.2) is 0 Å². The van der Waals surface area contributed by atoms with Gasteiger partial charge in [-0.05, 0) is 26.0 Å². The molecule has 1 aromatic rings. The lowest BCUT2D eigenvalue weighted by molar-refractivity contribution is -0.103. The van der Waals surface area contributed by atoms with Crippen molar-refractivity contribution in [2.45, 2.75) is 13.8 Å². The number of hydrogen-bond acceptors (Lipinski definition) is 2. The zero-order valence-electron chi connectivity index (χ0n) is 6.63. The van der Waals surface area contributed by atoms with Crippen molar-refractivity contribution in [2.75, 3.05) is 0 Å². The molecule has 0 saturated heterocycles. The van der Waals surface area contributed by atoms with Crippen LogP contribution in [-0.2, 0) is 4.79 Å². The highest BCUT2D eigenvalue weighted by Crippen LogP contribution is 2.15. The van der Waals surface area contributed by atoms with E-state index in [-0.39, 0.29) is 0 Å². The zero-order chi connectivity index (χ0) is 8.27. The molecule has 0 aromatic carbocycles. The van der Waals surface area contributed by atoms with Crippen molar-refractivity contribution in [1.29, 1.82) is 0 Å². The topological polar surface area (TPSA) is 30.2 Å². The molecule has 1 rings (SSSR count). The van der Waals surface area contributed by atoms with Crippen molar-refractivity contribution in [3.05, 3.63) is 29.7 Å². The van der Waals surface area contributed by atoms with E-state index in [9.17, 15) is 4.79 Å². The summed E-state index contributed by atoms with van der Waals surface area (Å²) >= 11 is 0. The number of aldehydes is 1. The third kappa shape index (κ3) is 1.58. The van der Waals surface area contributed by atoms with Crippen LogP contribution in [0.3, 0.4) is 0 Å². The third-order valence-electron chi connectivity index (χ3n) is 1.44. The first-order chi connectivity index (χ1) is 5.25. The lowest BCUT2D eigenvalue weighted by atomic mass is 10.1. The molecule has 2 heteroatoms. The monoisotopic (exact) mass is 150 g/mol. The average molecular weight is 150 g/mol. The predicted octanol–water partition coefficient (Wildman–Crippen LogP) is 2.27. The molecular weight excluding hydrogens is 140 g/mol. The number of hydrogen-bond donors (Lipinski definition) is 0. The molecule has 0 amide bonds. The van der Waals surface area contributed by atoms with Crippen LogP contribution < -0.4 is 0 Å². The van der Waals surface area contributed by atoms with Gasteiger partial charge in [0.05, 0.1) is 11.8 Å². The molecule has 0 aliphatic rings. The van der Waals surface area contributed by atoms with Crippen molar-refractivity contribution in [2.24, 2.45) is 0 Å². The van der Waals surface area contributed by atoms with Gasteiger partial charge < -0.3 is 4.42 Å². The molecule has 0 unspecified atom stereocenters. The molecule has 0 fully saturated rings. The Kier molecular flexibility index (Phi) is 2.26. The van der Waals surface area contributed by atoms with Gasteiger partial charge in [0, 0.05) is 0 Å². The first kappa shape index (κ1) is 7.79. The van der Waals surface area contributed by atoms with E-state index in [4.69, 9.17) is 4.42 Å². The second-order valence-electron chi connectivity index (χ2n) is 2.51. The van der Waals surface area contributed by atoms with E-state index in [1.54, 1.807) is 18.4 Å². The first-order valence-corrected chi connectivity index (χ1v) is 3.42. The molecule has 0 aliphatic heterocycles. The molecule has 11 heavy (non-hydrogen) atoms. The lowest BCUT2D eigenvalue weighted by Crippen LogP contribution is -1.84. The zero-order valence-corrected chi connectivity index (χ0v) is 6.63. The molecule has 0 spiro atoms. The van der Waals surface area contributed by atoms with Crippen LogP contribution in [0.5, 0.6) is 0 Å². The summed E-state index contributed by atoms with van der Waals surface area (Å²) in [5.74, 6) is 0.639. The molecule has 58 valence electrons. The normalized spacial score (nSPS) is 9.27. The molecule has 0 bridgehead atoms. The van der Waals surface area contributed by atoms with Gasteiger partial charge in [0.25, 0.3) is 0 Å². The Labute approximate surface area is 65.5 Å². The van der Waals surface area contributed by atoms with Crippen molar-refractivity contribution >= 4 is 11.9 Å². The highest BCUT2D eigenvalue weighted by molar-refractivity contribution is 6.06. The molecule has 1 heterocycles. The molecule has 0 aliphatic carbocycles. The average Bonchev–Trinajstić information content (AvgIpc) is 2.40. The van der Waals surface area contributed by atoms with Crippen LogP contribution >= 0.6 is 0 Å². The quantitative estimate of drug-likeness (QED) is 0.478. The Hall–Kier alpha value is -1.31. The molecule has 0 atom stereocenters. The van der Waals surface area contributed by atoms with E-state index >= 15 is 0 Å². The largest absolute Gasteiger partial charge is 0.464 e. The molecule has 2 nitrogen and oxygen atoms in total. The van der Waals surface area contributed by atoms with Crippen LogP contribution in [0.15, 0.2) is 28.4 Å². The van der Waals surface area contributed by atoms with E-state index in [2.05, 4.69) is 0 Å². The van der Waals surface area contributed by atoms with Gasteiger partial charge in [0.2, 0.25) is 0 Å². The molecule has 0 radical (unpaired) electrons. The minimum absolute atomic E-state index is 0.634. The summed E-state index contributed by atoms with van der Waals surface area (Å²) in [4.78, 5) is 10.5. The fourth-order valence-corrected chi connectivity index (χ4v) is 0.854.